The summed E-state index contributed by atoms with van der Waals surface area (Å²) in [6.45, 7) is 4.62. The molecule has 1 saturated carbocycles. The Kier molecular flexibility index (Phi) is 4.22. The molecule has 0 bridgehead atoms. The molecule has 0 amide bonds. The van der Waals surface area contributed by atoms with Crippen molar-refractivity contribution >= 4 is 0 Å². The zero-order valence-electron chi connectivity index (χ0n) is 10.5. The van der Waals surface area contributed by atoms with Crippen molar-refractivity contribution in [3.63, 3.8) is 0 Å². The lowest BCUT2D eigenvalue weighted by molar-refractivity contribution is 0.0622. The molecule has 94 valence electrons. The lowest BCUT2D eigenvalue weighted by atomic mass is 9.77. The molecule has 1 heterocycles. The first-order chi connectivity index (χ1) is 7.80. The topological polar surface area (TPSA) is 44.3 Å². The van der Waals surface area contributed by atoms with Crippen LogP contribution in [-0.2, 0) is 0 Å². The van der Waals surface area contributed by atoms with Crippen LogP contribution in [0.4, 0.5) is 0 Å². The lowest BCUT2D eigenvalue weighted by Crippen LogP contribution is -2.63. The molecule has 16 heavy (non-hydrogen) atoms. The Hall–Kier alpha value is -0.120. The molecule has 1 aliphatic carbocycles. The van der Waals surface area contributed by atoms with Gasteiger partial charge >= 0.3 is 0 Å². The Bertz CT molecular complexity index is 216. The number of aliphatic hydroxyl groups is 1. The molecule has 0 aromatic heterocycles. The molecule has 2 atom stereocenters. The van der Waals surface area contributed by atoms with Crippen LogP contribution in [0, 0.1) is 5.92 Å². The monoisotopic (exact) mass is 226 g/mol. The molecule has 1 saturated heterocycles. The van der Waals surface area contributed by atoms with E-state index in [1.165, 1.54) is 25.7 Å². The van der Waals surface area contributed by atoms with E-state index in [0.717, 1.165) is 25.9 Å². The maximum Gasteiger partial charge on any atom is 0.0617 e. The minimum atomic E-state index is -0.00495. The number of piperidine rings is 1. The van der Waals surface area contributed by atoms with Gasteiger partial charge in [-0.15, -0.1) is 0 Å². The average molecular weight is 226 g/mol. The van der Waals surface area contributed by atoms with E-state index < -0.39 is 0 Å². The number of hydrogen-bond donors (Lipinski definition) is 3. The molecule has 3 nitrogen and oxygen atoms in total. The highest BCUT2D eigenvalue weighted by Crippen LogP contribution is 2.30. The van der Waals surface area contributed by atoms with Crippen LogP contribution < -0.4 is 10.6 Å². The first-order valence-electron chi connectivity index (χ1n) is 6.90. The summed E-state index contributed by atoms with van der Waals surface area (Å²) in [6, 6.07) is 0.652. The second kappa shape index (κ2) is 5.48. The van der Waals surface area contributed by atoms with Gasteiger partial charge in [-0.2, -0.15) is 0 Å². The highest BCUT2D eigenvalue weighted by Gasteiger charge is 2.40. The third-order valence-electron chi connectivity index (χ3n) is 4.54. The van der Waals surface area contributed by atoms with Crippen molar-refractivity contribution in [3.8, 4) is 0 Å². The summed E-state index contributed by atoms with van der Waals surface area (Å²) < 4.78 is 0. The fourth-order valence-corrected chi connectivity index (χ4v) is 3.44. The minimum Gasteiger partial charge on any atom is -0.394 e. The lowest BCUT2D eigenvalue weighted by Gasteiger charge is -2.45. The SMILES string of the molecule is CCC1CNCCC1(CO)NC1CCCC1. The van der Waals surface area contributed by atoms with Gasteiger partial charge in [0.15, 0.2) is 0 Å². The molecular formula is C13H26N2O. The van der Waals surface area contributed by atoms with E-state index in [2.05, 4.69) is 17.6 Å². The van der Waals surface area contributed by atoms with Gasteiger partial charge in [0.25, 0.3) is 0 Å². The van der Waals surface area contributed by atoms with Crippen LogP contribution in [0.3, 0.4) is 0 Å². The van der Waals surface area contributed by atoms with Gasteiger partial charge in [0.2, 0.25) is 0 Å². The van der Waals surface area contributed by atoms with Gasteiger partial charge in [0.05, 0.1) is 6.61 Å². The molecular weight excluding hydrogens is 200 g/mol. The predicted molar refractivity (Wildman–Crippen MR) is 66.5 cm³/mol. The maximum absolute atomic E-state index is 9.81. The number of hydrogen-bond acceptors (Lipinski definition) is 3. The van der Waals surface area contributed by atoms with Crippen molar-refractivity contribution in [2.45, 2.75) is 57.0 Å². The molecule has 3 N–H and O–H groups in total. The number of rotatable bonds is 4. The van der Waals surface area contributed by atoms with Gasteiger partial charge in [-0.1, -0.05) is 26.2 Å². The highest BCUT2D eigenvalue weighted by molar-refractivity contribution is 5.00. The molecule has 3 heteroatoms. The van der Waals surface area contributed by atoms with Crippen molar-refractivity contribution in [1.29, 1.82) is 0 Å². The maximum atomic E-state index is 9.81. The van der Waals surface area contributed by atoms with E-state index in [1.807, 2.05) is 0 Å². The summed E-state index contributed by atoms with van der Waals surface area (Å²) in [5.41, 5.74) is -0.00495. The summed E-state index contributed by atoms with van der Waals surface area (Å²) in [5.74, 6) is 0.576. The zero-order valence-corrected chi connectivity index (χ0v) is 10.5. The van der Waals surface area contributed by atoms with Crippen molar-refractivity contribution < 1.29 is 5.11 Å². The van der Waals surface area contributed by atoms with Crippen molar-refractivity contribution in [2.75, 3.05) is 19.7 Å². The Morgan fingerprint density at radius 2 is 2.12 bits per heavy atom. The van der Waals surface area contributed by atoms with Crippen LogP contribution in [0.1, 0.15) is 45.4 Å². The smallest absolute Gasteiger partial charge is 0.0617 e. The first-order valence-corrected chi connectivity index (χ1v) is 6.90. The first kappa shape index (κ1) is 12.3. The molecule has 2 unspecified atom stereocenters. The Labute approximate surface area is 99.0 Å². The largest absolute Gasteiger partial charge is 0.394 e. The van der Waals surface area contributed by atoms with Crippen molar-refractivity contribution in [1.82, 2.24) is 10.6 Å². The van der Waals surface area contributed by atoms with E-state index in [0.29, 0.717) is 18.6 Å². The summed E-state index contributed by atoms with van der Waals surface area (Å²) in [4.78, 5) is 0. The van der Waals surface area contributed by atoms with Crippen molar-refractivity contribution in [2.24, 2.45) is 5.92 Å². The zero-order chi connectivity index (χ0) is 11.4. The van der Waals surface area contributed by atoms with Crippen LogP contribution in [0.25, 0.3) is 0 Å². The van der Waals surface area contributed by atoms with Gasteiger partial charge in [0.1, 0.15) is 0 Å². The van der Waals surface area contributed by atoms with Crippen LogP contribution in [0.5, 0.6) is 0 Å². The van der Waals surface area contributed by atoms with Crippen LogP contribution in [0.2, 0.25) is 0 Å². The molecule has 2 rings (SSSR count). The van der Waals surface area contributed by atoms with Gasteiger partial charge in [-0.05, 0) is 38.3 Å². The summed E-state index contributed by atoms with van der Waals surface area (Å²) in [6.07, 6.45) is 7.52. The predicted octanol–water partition coefficient (Wildman–Crippen LogP) is 1.27. The van der Waals surface area contributed by atoms with E-state index in [9.17, 15) is 5.11 Å². The van der Waals surface area contributed by atoms with Crippen LogP contribution >= 0.6 is 0 Å². The van der Waals surface area contributed by atoms with E-state index >= 15 is 0 Å². The fourth-order valence-electron chi connectivity index (χ4n) is 3.44. The van der Waals surface area contributed by atoms with Gasteiger partial charge < -0.3 is 15.7 Å². The van der Waals surface area contributed by atoms with Crippen LogP contribution in [0.15, 0.2) is 0 Å². The Morgan fingerprint density at radius 1 is 1.38 bits per heavy atom. The second-order valence-electron chi connectivity index (χ2n) is 5.50. The minimum absolute atomic E-state index is 0.00495. The summed E-state index contributed by atoms with van der Waals surface area (Å²) in [7, 11) is 0. The quantitative estimate of drug-likeness (QED) is 0.676. The number of aliphatic hydroxyl groups excluding tert-OH is 1. The van der Waals surface area contributed by atoms with Gasteiger partial charge in [-0.3, -0.25) is 0 Å². The molecule has 0 spiro atoms. The molecule has 2 aliphatic rings. The molecule has 1 aliphatic heterocycles. The molecule has 0 radical (unpaired) electrons. The van der Waals surface area contributed by atoms with Crippen molar-refractivity contribution in [3.05, 3.63) is 0 Å². The molecule has 2 fully saturated rings. The molecule has 0 aromatic rings. The Morgan fingerprint density at radius 3 is 2.75 bits per heavy atom. The highest BCUT2D eigenvalue weighted by atomic mass is 16.3. The second-order valence-corrected chi connectivity index (χ2v) is 5.50. The summed E-state index contributed by atoms with van der Waals surface area (Å²) >= 11 is 0. The molecule has 0 aromatic carbocycles. The van der Waals surface area contributed by atoms with E-state index in [-0.39, 0.29) is 5.54 Å². The third-order valence-corrected chi connectivity index (χ3v) is 4.54. The third kappa shape index (κ3) is 2.41. The van der Waals surface area contributed by atoms with E-state index in [4.69, 9.17) is 0 Å². The van der Waals surface area contributed by atoms with Gasteiger partial charge in [-0.25, -0.2) is 0 Å². The normalized spacial score (nSPS) is 36.8. The van der Waals surface area contributed by atoms with Crippen LogP contribution in [-0.4, -0.2) is 36.4 Å². The Balaban J connectivity index is 2.02. The average Bonchev–Trinajstić information content (AvgIpc) is 2.82. The van der Waals surface area contributed by atoms with Gasteiger partial charge in [0, 0.05) is 11.6 Å². The standard InChI is InChI=1S/C13H26N2O/c1-2-11-9-14-8-7-13(11,10-16)15-12-5-3-4-6-12/h11-12,14-16H,2-10H2,1H3. The summed E-state index contributed by atoms with van der Waals surface area (Å²) in [5, 5.41) is 17.1. The fraction of sp³-hybridized carbons (Fsp3) is 1.00. The van der Waals surface area contributed by atoms with E-state index in [1.54, 1.807) is 0 Å². The number of nitrogens with one attached hydrogen (secondary N) is 2.